The van der Waals surface area contributed by atoms with Gasteiger partial charge in [0.15, 0.2) is 0 Å². The van der Waals surface area contributed by atoms with Gasteiger partial charge in [0.05, 0.1) is 4.92 Å². The molecule has 0 saturated carbocycles. The van der Waals surface area contributed by atoms with Crippen molar-refractivity contribution in [2.45, 2.75) is 26.3 Å². The van der Waals surface area contributed by atoms with Crippen LogP contribution in [0.25, 0.3) is 0 Å². The van der Waals surface area contributed by atoms with E-state index < -0.39 is 4.92 Å². The zero-order chi connectivity index (χ0) is 12.8. The van der Waals surface area contributed by atoms with Crippen LogP contribution in [0.3, 0.4) is 0 Å². The quantitative estimate of drug-likeness (QED) is 0.589. The molecule has 1 aromatic rings. The van der Waals surface area contributed by atoms with E-state index in [1.165, 1.54) is 12.1 Å². The van der Waals surface area contributed by atoms with E-state index in [0.717, 1.165) is 5.69 Å². The number of nitro groups is 1. The van der Waals surface area contributed by atoms with Crippen LogP contribution in [0.5, 0.6) is 0 Å². The average molecular weight is 238 g/mol. The Bertz CT molecular complexity index is 363. The molecule has 5 nitrogen and oxygen atoms in total. The normalized spacial score (nSPS) is 12.5. The lowest BCUT2D eigenvalue weighted by Gasteiger charge is -2.22. The van der Waals surface area contributed by atoms with Crippen LogP contribution in [0.2, 0.25) is 0 Å². The number of hydrogen-bond donors (Lipinski definition) is 2. The molecule has 94 valence electrons. The number of benzene rings is 1. The fraction of sp³-hybridized carbons (Fsp3) is 0.500. The standard InChI is InChI=1S/C12H18N2O3/c1-9(2)12(7-8-15)13-10-3-5-11(6-4-10)14(16)17/h3-6,9,12-13,15H,7-8H2,1-2H3/t12-/m1/s1. The maximum Gasteiger partial charge on any atom is 0.269 e. The molecule has 0 unspecified atom stereocenters. The second kappa shape index (κ2) is 6.20. The molecule has 1 aromatic carbocycles. The lowest BCUT2D eigenvalue weighted by Crippen LogP contribution is -2.26. The van der Waals surface area contributed by atoms with E-state index in [4.69, 9.17) is 5.11 Å². The smallest absolute Gasteiger partial charge is 0.269 e. The van der Waals surface area contributed by atoms with Crippen LogP contribution < -0.4 is 5.32 Å². The third-order valence-corrected chi connectivity index (χ3v) is 2.68. The van der Waals surface area contributed by atoms with Crippen LogP contribution in [0.15, 0.2) is 24.3 Å². The van der Waals surface area contributed by atoms with E-state index in [0.29, 0.717) is 12.3 Å². The molecule has 0 heterocycles. The number of nitrogens with zero attached hydrogens (tertiary/aromatic N) is 1. The van der Waals surface area contributed by atoms with Crippen molar-refractivity contribution in [3.8, 4) is 0 Å². The topological polar surface area (TPSA) is 75.4 Å². The third kappa shape index (κ3) is 4.03. The number of nitro benzene ring substituents is 1. The van der Waals surface area contributed by atoms with Gasteiger partial charge in [-0.2, -0.15) is 0 Å². The monoisotopic (exact) mass is 238 g/mol. The largest absolute Gasteiger partial charge is 0.396 e. The summed E-state index contributed by atoms with van der Waals surface area (Å²) in [5.74, 6) is 0.386. The first-order chi connectivity index (χ1) is 8.04. The van der Waals surface area contributed by atoms with Crippen molar-refractivity contribution >= 4 is 11.4 Å². The van der Waals surface area contributed by atoms with E-state index in [1.807, 2.05) is 0 Å². The lowest BCUT2D eigenvalue weighted by atomic mass is 10.0. The highest BCUT2D eigenvalue weighted by Gasteiger charge is 2.13. The van der Waals surface area contributed by atoms with Gasteiger partial charge in [-0.1, -0.05) is 13.8 Å². The predicted molar refractivity (Wildman–Crippen MR) is 67.0 cm³/mol. The molecule has 0 radical (unpaired) electrons. The first kappa shape index (κ1) is 13.4. The molecule has 0 saturated heterocycles. The van der Waals surface area contributed by atoms with Crippen molar-refractivity contribution in [2.24, 2.45) is 5.92 Å². The minimum Gasteiger partial charge on any atom is -0.396 e. The fourth-order valence-corrected chi connectivity index (χ4v) is 1.60. The number of nitrogens with one attached hydrogen (secondary N) is 1. The number of anilines is 1. The molecule has 0 spiro atoms. The van der Waals surface area contributed by atoms with E-state index in [2.05, 4.69) is 19.2 Å². The van der Waals surface area contributed by atoms with Crippen LogP contribution in [0, 0.1) is 16.0 Å². The third-order valence-electron chi connectivity index (χ3n) is 2.68. The Balaban J connectivity index is 2.69. The summed E-state index contributed by atoms with van der Waals surface area (Å²) in [5.41, 5.74) is 0.918. The minimum absolute atomic E-state index is 0.0822. The molecule has 1 rings (SSSR count). The zero-order valence-corrected chi connectivity index (χ0v) is 10.1. The first-order valence-corrected chi connectivity index (χ1v) is 5.66. The predicted octanol–water partition coefficient (Wildman–Crippen LogP) is 2.41. The summed E-state index contributed by atoms with van der Waals surface area (Å²) in [4.78, 5) is 10.1. The Kier molecular flexibility index (Phi) is 4.90. The maximum atomic E-state index is 10.5. The average Bonchev–Trinajstić information content (AvgIpc) is 2.29. The Morgan fingerprint density at radius 2 is 1.94 bits per heavy atom. The summed E-state index contributed by atoms with van der Waals surface area (Å²) in [6, 6.07) is 6.48. The minimum atomic E-state index is -0.419. The van der Waals surface area contributed by atoms with Gasteiger partial charge in [0.2, 0.25) is 0 Å². The van der Waals surface area contributed by atoms with Crippen molar-refractivity contribution in [2.75, 3.05) is 11.9 Å². The zero-order valence-electron chi connectivity index (χ0n) is 10.1. The van der Waals surface area contributed by atoms with Gasteiger partial charge in [-0.3, -0.25) is 10.1 Å². The van der Waals surface area contributed by atoms with Gasteiger partial charge in [-0.05, 0) is 24.5 Å². The summed E-state index contributed by atoms with van der Waals surface area (Å²) in [5, 5.41) is 22.7. The van der Waals surface area contributed by atoms with Gasteiger partial charge in [0.25, 0.3) is 5.69 Å². The first-order valence-electron chi connectivity index (χ1n) is 5.66. The summed E-state index contributed by atoms with van der Waals surface area (Å²) >= 11 is 0. The van der Waals surface area contributed by atoms with E-state index >= 15 is 0 Å². The molecule has 0 aliphatic heterocycles. The number of aliphatic hydroxyl groups is 1. The molecule has 17 heavy (non-hydrogen) atoms. The number of rotatable bonds is 6. The summed E-state index contributed by atoms with van der Waals surface area (Å²) in [7, 11) is 0. The molecule has 0 amide bonds. The molecule has 2 N–H and O–H groups in total. The maximum absolute atomic E-state index is 10.5. The van der Waals surface area contributed by atoms with Gasteiger partial charge < -0.3 is 10.4 Å². The van der Waals surface area contributed by atoms with Crippen molar-refractivity contribution < 1.29 is 10.0 Å². The Hall–Kier alpha value is -1.62. The van der Waals surface area contributed by atoms with E-state index in [9.17, 15) is 10.1 Å². The summed E-state index contributed by atoms with van der Waals surface area (Å²) in [6.45, 7) is 4.26. The van der Waals surface area contributed by atoms with Crippen LogP contribution in [-0.2, 0) is 0 Å². The summed E-state index contributed by atoms with van der Waals surface area (Å²) in [6.07, 6.45) is 0.661. The lowest BCUT2D eigenvalue weighted by molar-refractivity contribution is -0.384. The Labute approximate surface area is 101 Å². The highest BCUT2D eigenvalue weighted by atomic mass is 16.6. The van der Waals surface area contributed by atoms with E-state index in [1.54, 1.807) is 12.1 Å². The SMILES string of the molecule is CC(C)[C@@H](CCO)Nc1ccc([N+](=O)[O-])cc1. The van der Waals surface area contributed by atoms with Crippen molar-refractivity contribution in [1.82, 2.24) is 0 Å². The summed E-state index contributed by atoms with van der Waals surface area (Å²) < 4.78 is 0. The molecule has 0 fully saturated rings. The molecule has 0 aliphatic rings. The van der Waals surface area contributed by atoms with Gasteiger partial charge in [-0.15, -0.1) is 0 Å². The number of hydrogen-bond acceptors (Lipinski definition) is 4. The second-order valence-electron chi connectivity index (χ2n) is 4.31. The molecule has 5 heteroatoms. The molecular weight excluding hydrogens is 220 g/mol. The van der Waals surface area contributed by atoms with Gasteiger partial charge >= 0.3 is 0 Å². The second-order valence-corrected chi connectivity index (χ2v) is 4.31. The van der Waals surface area contributed by atoms with Crippen molar-refractivity contribution in [3.05, 3.63) is 34.4 Å². The van der Waals surface area contributed by atoms with Gasteiger partial charge in [0.1, 0.15) is 0 Å². The fourth-order valence-electron chi connectivity index (χ4n) is 1.60. The van der Waals surface area contributed by atoms with Gasteiger partial charge in [0, 0.05) is 30.5 Å². The van der Waals surface area contributed by atoms with Crippen LogP contribution in [0.1, 0.15) is 20.3 Å². The van der Waals surface area contributed by atoms with Crippen LogP contribution in [0.4, 0.5) is 11.4 Å². The molecular formula is C12H18N2O3. The van der Waals surface area contributed by atoms with Crippen molar-refractivity contribution in [3.63, 3.8) is 0 Å². The van der Waals surface area contributed by atoms with E-state index in [-0.39, 0.29) is 18.3 Å². The van der Waals surface area contributed by atoms with Crippen LogP contribution in [-0.4, -0.2) is 22.7 Å². The number of non-ortho nitro benzene ring substituents is 1. The van der Waals surface area contributed by atoms with Crippen molar-refractivity contribution in [1.29, 1.82) is 0 Å². The molecule has 0 aliphatic carbocycles. The van der Waals surface area contributed by atoms with Gasteiger partial charge in [-0.25, -0.2) is 0 Å². The Morgan fingerprint density at radius 3 is 2.35 bits per heavy atom. The van der Waals surface area contributed by atoms with Crippen LogP contribution >= 0.6 is 0 Å². The molecule has 0 bridgehead atoms. The molecule has 0 aromatic heterocycles. The highest BCUT2D eigenvalue weighted by molar-refractivity contribution is 5.49. The number of aliphatic hydroxyl groups excluding tert-OH is 1. The molecule has 1 atom stereocenters. The highest BCUT2D eigenvalue weighted by Crippen LogP contribution is 2.18. The Morgan fingerprint density at radius 1 is 1.35 bits per heavy atom.